The van der Waals surface area contributed by atoms with Gasteiger partial charge in [0, 0.05) is 24.3 Å². The standard InChI is InChI=1S/C23H20ClN3O4S/c24-21-15-17(26-32(30,31)19-5-2-1-3-6-19)10-13-20(21)23(29)25-16-8-11-18(12-9-16)27-14-4-7-22(27)28/h1-3,5-6,8-13,15,26H,4,7,14H2,(H,25,29). The molecule has 2 amide bonds. The highest BCUT2D eigenvalue weighted by Crippen LogP contribution is 2.26. The summed E-state index contributed by atoms with van der Waals surface area (Å²) in [5.41, 5.74) is 1.79. The normalized spacial score (nSPS) is 13.8. The maximum atomic E-state index is 12.6. The van der Waals surface area contributed by atoms with Gasteiger partial charge < -0.3 is 10.2 Å². The number of amides is 2. The van der Waals surface area contributed by atoms with E-state index in [0.29, 0.717) is 18.7 Å². The summed E-state index contributed by atoms with van der Waals surface area (Å²) in [5, 5.41) is 2.86. The van der Waals surface area contributed by atoms with E-state index in [4.69, 9.17) is 11.6 Å². The zero-order valence-electron chi connectivity index (χ0n) is 16.9. The lowest BCUT2D eigenvalue weighted by Gasteiger charge is -2.16. The molecule has 0 saturated carbocycles. The number of hydrogen-bond acceptors (Lipinski definition) is 4. The first-order chi connectivity index (χ1) is 15.3. The summed E-state index contributed by atoms with van der Waals surface area (Å²) in [7, 11) is -3.76. The van der Waals surface area contributed by atoms with Crippen molar-refractivity contribution in [1.82, 2.24) is 0 Å². The van der Waals surface area contributed by atoms with Crippen LogP contribution in [0.1, 0.15) is 23.2 Å². The van der Waals surface area contributed by atoms with Crippen LogP contribution in [0, 0.1) is 0 Å². The maximum Gasteiger partial charge on any atom is 0.261 e. The summed E-state index contributed by atoms with van der Waals surface area (Å²) >= 11 is 6.25. The van der Waals surface area contributed by atoms with Crippen LogP contribution < -0.4 is 14.9 Å². The molecule has 0 bridgehead atoms. The SMILES string of the molecule is O=C(Nc1ccc(N2CCCC2=O)cc1)c1ccc(NS(=O)(=O)c2ccccc2)cc1Cl. The van der Waals surface area contributed by atoms with Gasteiger partial charge in [-0.15, -0.1) is 0 Å². The molecular weight excluding hydrogens is 450 g/mol. The van der Waals surface area contributed by atoms with E-state index in [9.17, 15) is 18.0 Å². The van der Waals surface area contributed by atoms with Crippen molar-refractivity contribution in [2.75, 3.05) is 21.5 Å². The van der Waals surface area contributed by atoms with E-state index in [-0.39, 0.29) is 27.1 Å². The third-order valence-electron chi connectivity index (χ3n) is 5.03. The van der Waals surface area contributed by atoms with Crippen molar-refractivity contribution in [2.45, 2.75) is 17.7 Å². The molecule has 3 aromatic rings. The van der Waals surface area contributed by atoms with Gasteiger partial charge in [-0.25, -0.2) is 8.42 Å². The minimum atomic E-state index is -3.76. The zero-order valence-corrected chi connectivity index (χ0v) is 18.5. The molecule has 0 atom stereocenters. The Kier molecular flexibility index (Phi) is 6.16. The predicted molar refractivity (Wildman–Crippen MR) is 125 cm³/mol. The number of sulfonamides is 1. The molecule has 9 heteroatoms. The Morgan fingerprint density at radius 1 is 0.938 bits per heavy atom. The number of carbonyl (C=O) groups excluding carboxylic acids is 2. The highest BCUT2D eigenvalue weighted by Gasteiger charge is 2.21. The second kappa shape index (κ2) is 9.02. The summed E-state index contributed by atoms with van der Waals surface area (Å²) in [6.45, 7) is 0.695. The first-order valence-corrected chi connectivity index (χ1v) is 11.8. The van der Waals surface area contributed by atoms with Crippen molar-refractivity contribution in [3.8, 4) is 0 Å². The van der Waals surface area contributed by atoms with Crippen LogP contribution in [0.3, 0.4) is 0 Å². The molecule has 0 unspecified atom stereocenters. The third-order valence-corrected chi connectivity index (χ3v) is 6.74. The van der Waals surface area contributed by atoms with E-state index < -0.39 is 15.9 Å². The first kappa shape index (κ1) is 21.9. The average molecular weight is 470 g/mol. The van der Waals surface area contributed by atoms with Gasteiger partial charge in [0.15, 0.2) is 0 Å². The molecule has 1 heterocycles. The van der Waals surface area contributed by atoms with Gasteiger partial charge in [0.25, 0.3) is 15.9 Å². The highest BCUT2D eigenvalue weighted by atomic mass is 35.5. The van der Waals surface area contributed by atoms with E-state index >= 15 is 0 Å². The summed E-state index contributed by atoms with van der Waals surface area (Å²) < 4.78 is 27.4. The first-order valence-electron chi connectivity index (χ1n) is 9.93. The lowest BCUT2D eigenvalue weighted by molar-refractivity contribution is -0.117. The molecule has 4 rings (SSSR count). The van der Waals surface area contributed by atoms with E-state index in [1.165, 1.54) is 30.3 Å². The zero-order chi connectivity index (χ0) is 22.7. The Morgan fingerprint density at radius 3 is 2.25 bits per heavy atom. The fourth-order valence-corrected chi connectivity index (χ4v) is 4.76. The molecule has 7 nitrogen and oxygen atoms in total. The van der Waals surface area contributed by atoms with E-state index in [1.807, 2.05) is 0 Å². The molecule has 3 aromatic carbocycles. The van der Waals surface area contributed by atoms with Crippen LogP contribution in [0.15, 0.2) is 77.7 Å². The van der Waals surface area contributed by atoms with Crippen LogP contribution in [-0.2, 0) is 14.8 Å². The van der Waals surface area contributed by atoms with Gasteiger partial charge in [-0.05, 0) is 61.0 Å². The smallest absolute Gasteiger partial charge is 0.261 e. The summed E-state index contributed by atoms with van der Waals surface area (Å²) in [6, 6.07) is 19.3. The Bertz CT molecular complexity index is 1260. The van der Waals surface area contributed by atoms with Crippen molar-refractivity contribution in [3.05, 3.63) is 83.4 Å². The predicted octanol–water partition coefficient (Wildman–Crippen LogP) is 4.52. The summed E-state index contributed by atoms with van der Waals surface area (Å²) in [6.07, 6.45) is 1.39. The van der Waals surface area contributed by atoms with Crippen LogP contribution >= 0.6 is 11.6 Å². The minimum absolute atomic E-state index is 0.0940. The van der Waals surface area contributed by atoms with Gasteiger partial charge in [0.1, 0.15) is 0 Å². The number of benzene rings is 3. The van der Waals surface area contributed by atoms with E-state index in [1.54, 1.807) is 47.4 Å². The van der Waals surface area contributed by atoms with Gasteiger partial charge in [-0.3, -0.25) is 14.3 Å². The number of hydrogen-bond donors (Lipinski definition) is 2. The Hall–Kier alpha value is -3.36. The van der Waals surface area contributed by atoms with Crippen molar-refractivity contribution in [2.24, 2.45) is 0 Å². The van der Waals surface area contributed by atoms with E-state index in [2.05, 4.69) is 10.0 Å². The van der Waals surface area contributed by atoms with Gasteiger partial charge in [-0.2, -0.15) is 0 Å². The molecule has 0 spiro atoms. The molecule has 1 aliphatic heterocycles. The second-order valence-corrected chi connectivity index (χ2v) is 9.35. The molecule has 0 radical (unpaired) electrons. The van der Waals surface area contributed by atoms with Crippen molar-refractivity contribution in [1.29, 1.82) is 0 Å². The Morgan fingerprint density at radius 2 is 1.62 bits per heavy atom. The van der Waals surface area contributed by atoms with Gasteiger partial charge >= 0.3 is 0 Å². The van der Waals surface area contributed by atoms with Gasteiger partial charge in [-0.1, -0.05) is 29.8 Å². The average Bonchev–Trinajstić information content (AvgIpc) is 3.20. The molecule has 32 heavy (non-hydrogen) atoms. The largest absolute Gasteiger partial charge is 0.322 e. The highest BCUT2D eigenvalue weighted by molar-refractivity contribution is 7.92. The molecule has 0 aromatic heterocycles. The number of nitrogens with zero attached hydrogens (tertiary/aromatic N) is 1. The number of nitrogens with one attached hydrogen (secondary N) is 2. The van der Waals surface area contributed by atoms with Crippen LogP contribution in [0.5, 0.6) is 0 Å². The third kappa shape index (κ3) is 4.76. The Balaban J connectivity index is 1.45. The number of carbonyl (C=O) groups is 2. The van der Waals surface area contributed by atoms with E-state index in [0.717, 1.165) is 12.1 Å². The molecule has 2 N–H and O–H groups in total. The number of rotatable bonds is 6. The van der Waals surface area contributed by atoms with Crippen molar-refractivity contribution >= 4 is 50.5 Å². The maximum absolute atomic E-state index is 12.6. The second-order valence-electron chi connectivity index (χ2n) is 7.26. The molecule has 1 saturated heterocycles. The van der Waals surface area contributed by atoms with Crippen LogP contribution in [0.4, 0.5) is 17.1 Å². The molecule has 0 aliphatic carbocycles. The quantitative estimate of drug-likeness (QED) is 0.554. The summed E-state index contributed by atoms with van der Waals surface area (Å²) in [4.78, 5) is 26.3. The van der Waals surface area contributed by atoms with Crippen molar-refractivity contribution < 1.29 is 18.0 Å². The van der Waals surface area contributed by atoms with Crippen molar-refractivity contribution in [3.63, 3.8) is 0 Å². The lowest BCUT2D eigenvalue weighted by atomic mass is 10.2. The molecule has 1 fully saturated rings. The van der Waals surface area contributed by atoms with Gasteiger partial charge in [0.05, 0.1) is 21.2 Å². The topological polar surface area (TPSA) is 95.6 Å². The fraction of sp³-hybridized carbons (Fsp3) is 0.130. The summed E-state index contributed by atoms with van der Waals surface area (Å²) in [5.74, 6) is -0.339. The molecule has 1 aliphatic rings. The molecule has 164 valence electrons. The van der Waals surface area contributed by atoms with Crippen LogP contribution in [0.2, 0.25) is 5.02 Å². The monoisotopic (exact) mass is 469 g/mol. The lowest BCUT2D eigenvalue weighted by Crippen LogP contribution is -2.23. The number of halogens is 1. The number of anilines is 3. The van der Waals surface area contributed by atoms with Gasteiger partial charge in [0.2, 0.25) is 5.91 Å². The van der Waals surface area contributed by atoms with Crippen LogP contribution in [-0.4, -0.2) is 26.8 Å². The fourth-order valence-electron chi connectivity index (χ4n) is 3.42. The Labute approximate surface area is 191 Å². The van der Waals surface area contributed by atoms with Crippen LogP contribution in [0.25, 0.3) is 0 Å². The minimum Gasteiger partial charge on any atom is -0.322 e. The molecular formula is C23H20ClN3O4S.